The zero-order chi connectivity index (χ0) is 42.4. The van der Waals surface area contributed by atoms with E-state index in [-0.39, 0.29) is 55.9 Å². The van der Waals surface area contributed by atoms with Gasteiger partial charge >= 0.3 is 0 Å². The molecule has 0 radical (unpaired) electrons. The van der Waals surface area contributed by atoms with Crippen molar-refractivity contribution in [3.63, 3.8) is 0 Å². The predicted molar refractivity (Wildman–Crippen MR) is 235 cm³/mol. The first kappa shape index (κ1) is 45.4. The van der Waals surface area contributed by atoms with Crippen molar-refractivity contribution in [2.24, 2.45) is 0 Å². The maximum absolute atomic E-state index is 9.82. The van der Waals surface area contributed by atoms with Gasteiger partial charge in [-0.3, -0.25) is 0 Å². The summed E-state index contributed by atoms with van der Waals surface area (Å²) >= 11 is 0. The lowest BCUT2D eigenvalue weighted by Gasteiger charge is -2.15. The van der Waals surface area contributed by atoms with E-state index in [0.29, 0.717) is 35.7 Å². The van der Waals surface area contributed by atoms with Crippen LogP contribution in [0, 0.1) is 45.3 Å². The Balaban J connectivity index is 1.34. The number of hydrogen-bond donors (Lipinski definition) is 0. The first-order valence-corrected chi connectivity index (χ1v) is 22.6. The summed E-state index contributed by atoms with van der Waals surface area (Å²) in [4.78, 5) is 27.7. The SMILES string of the molecule is CCCCCCCCCCCCCCOc1cc2nc3c4nc(C#N)c(C#N)nc4c4nc(C#N)c(C#N)nc4c3nc2cc1OCCCCCCCCCCCCCC. The van der Waals surface area contributed by atoms with E-state index in [2.05, 4.69) is 33.8 Å². The van der Waals surface area contributed by atoms with E-state index in [4.69, 9.17) is 19.4 Å². The molecule has 3 aromatic heterocycles. The highest BCUT2D eigenvalue weighted by atomic mass is 16.5. The van der Waals surface area contributed by atoms with E-state index < -0.39 is 0 Å². The summed E-state index contributed by atoms with van der Waals surface area (Å²) in [5, 5.41) is 39.1. The van der Waals surface area contributed by atoms with Gasteiger partial charge in [0.15, 0.2) is 34.3 Å². The van der Waals surface area contributed by atoms with Crippen LogP contribution in [0.2, 0.25) is 0 Å². The Morgan fingerprint density at radius 3 is 0.833 bits per heavy atom. The maximum atomic E-state index is 9.82. The molecule has 5 aromatic rings. The van der Waals surface area contributed by atoms with Gasteiger partial charge in [-0.2, -0.15) is 21.0 Å². The zero-order valence-electron chi connectivity index (χ0n) is 35.8. The van der Waals surface area contributed by atoms with Crippen molar-refractivity contribution in [3.05, 3.63) is 34.9 Å². The second-order valence-electron chi connectivity index (χ2n) is 15.9. The third-order valence-electron chi connectivity index (χ3n) is 11.1. The molecule has 0 saturated heterocycles. The molecule has 0 saturated carbocycles. The van der Waals surface area contributed by atoms with Crippen LogP contribution in [0.1, 0.15) is 191 Å². The van der Waals surface area contributed by atoms with E-state index in [1.54, 1.807) is 0 Å². The lowest BCUT2D eigenvalue weighted by Crippen LogP contribution is -2.05. The van der Waals surface area contributed by atoms with Gasteiger partial charge in [-0.15, -0.1) is 0 Å². The third-order valence-corrected chi connectivity index (χ3v) is 11.1. The first-order chi connectivity index (χ1) is 29.6. The molecule has 60 heavy (non-hydrogen) atoms. The molecule has 2 aromatic carbocycles. The summed E-state index contributed by atoms with van der Waals surface area (Å²) < 4.78 is 12.8. The number of benzene rings is 2. The Morgan fingerprint density at radius 1 is 0.350 bits per heavy atom. The summed E-state index contributed by atoms with van der Waals surface area (Å²) in [6.07, 6.45) is 30.2. The van der Waals surface area contributed by atoms with Crippen molar-refractivity contribution in [3.8, 4) is 35.8 Å². The summed E-state index contributed by atoms with van der Waals surface area (Å²) in [7, 11) is 0. The number of nitriles is 4. The van der Waals surface area contributed by atoms with Crippen LogP contribution in [0.25, 0.3) is 44.1 Å². The van der Waals surface area contributed by atoms with Crippen molar-refractivity contribution in [2.75, 3.05) is 13.2 Å². The van der Waals surface area contributed by atoms with Gasteiger partial charge in [0.05, 0.1) is 24.2 Å². The van der Waals surface area contributed by atoms with Crippen LogP contribution >= 0.6 is 0 Å². The molecule has 0 aliphatic carbocycles. The fourth-order valence-corrected chi connectivity index (χ4v) is 7.71. The minimum Gasteiger partial charge on any atom is -0.490 e. The number of fused-ring (bicyclic) bond motifs is 7. The molecule has 0 atom stereocenters. The highest BCUT2D eigenvalue weighted by molar-refractivity contribution is 6.19. The molecule has 0 aliphatic rings. The van der Waals surface area contributed by atoms with Gasteiger partial charge in [0.1, 0.15) is 57.4 Å². The van der Waals surface area contributed by atoms with Crippen molar-refractivity contribution in [1.29, 1.82) is 21.0 Å². The number of rotatable bonds is 28. The predicted octanol–water partition coefficient (Wildman–Crippen LogP) is 12.3. The van der Waals surface area contributed by atoms with Crippen LogP contribution in [0.15, 0.2) is 12.1 Å². The Hall–Kier alpha value is -5.72. The van der Waals surface area contributed by atoms with Crippen LogP contribution < -0.4 is 9.47 Å². The second kappa shape index (κ2) is 25.0. The van der Waals surface area contributed by atoms with E-state index in [1.807, 2.05) is 36.4 Å². The van der Waals surface area contributed by atoms with Crippen LogP contribution in [0.3, 0.4) is 0 Å². The average Bonchev–Trinajstić information content (AvgIpc) is 3.27. The van der Waals surface area contributed by atoms with Gasteiger partial charge < -0.3 is 9.47 Å². The molecule has 12 heteroatoms. The Morgan fingerprint density at radius 2 is 0.583 bits per heavy atom. The van der Waals surface area contributed by atoms with Gasteiger partial charge in [0, 0.05) is 12.1 Å². The maximum Gasteiger partial charge on any atom is 0.177 e. The second-order valence-corrected chi connectivity index (χ2v) is 15.9. The molecule has 0 fully saturated rings. The Labute approximate surface area is 355 Å². The van der Waals surface area contributed by atoms with Crippen LogP contribution in [0.5, 0.6) is 11.5 Å². The molecular formula is C48H60N10O2. The van der Waals surface area contributed by atoms with Gasteiger partial charge in [-0.25, -0.2) is 29.9 Å². The van der Waals surface area contributed by atoms with Crippen LogP contribution in [0.4, 0.5) is 0 Å². The number of unbranched alkanes of at least 4 members (excludes halogenated alkanes) is 22. The molecule has 0 unspecified atom stereocenters. The fraction of sp³-hybridized carbons (Fsp3) is 0.583. The van der Waals surface area contributed by atoms with Crippen molar-refractivity contribution >= 4 is 44.1 Å². The number of aromatic nitrogens is 6. The molecule has 0 N–H and O–H groups in total. The molecule has 0 amide bonds. The quantitative estimate of drug-likeness (QED) is 0.0264. The average molecular weight is 809 g/mol. The zero-order valence-corrected chi connectivity index (χ0v) is 35.8. The Bertz CT molecular complexity index is 2190. The Kier molecular flexibility index (Phi) is 18.9. The third kappa shape index (κ3) is 12.6. The van der Waals surface area contributed by atoms with Crippen molar-refractivity contribution in [1.82, 2.24) is 29.9 Å². The monoisotopic (exact) mass is 808 g/mol. The molecule has 0 bridgehead atoms. The summed E-state index contributed by atoms with van der Waals surface area (Å²) in [6, 6.07) is 11.4. The van der Waals surface area contributed by atoms with Gasteiger partial charge in [-0.05, 0) is 12.8 Å². The molecule has 3 heterocycles. The fourth-order valence-electron chi connectivity index (χ4n) is 7.71. The van der Waals surface area contributed by atoms with Crippen LogP contribution in [-0.4, -0.2) is 43.1 Å². The van der Waals surface area contributed by atoms with E-state index in [0.717, 1.165) is 25.7 Å². The number of hydrogen-bond acceptors (Lipinski definition) is 12. The van der Waals surface area contributed by atoms with Crippen molar-refractivity contribution < 1.29 is 9.47 Å². The standard InChI is InChI=1S/C48H60N10O2/c1-3-5-7-9-11-13-15-17-19-21-23-25-27-59-41-29-35-36(30-42(41)60-28-26-24-22-20-18-16-14-12-10-8-6-4-2)54-44-43(53-35)45-47(57-39(33-51)37(31-49)55-45)48-46(44)56-38(32-50)40(34-52)58-48/h29-30H,3-28H2,1-2H3. The highest BCUT2D eigenvalue weighted by Crippen LogP contribution is 2.36. The van der Waals surface area contributed by atoms with Gasteiger partial charge in [0.25, 0.3) is 0 Å². The van der Waals surface area contributed by atoms with Gasteiger partial charge in [-0.1, -0.05) is 155 Å². The van der Waals surface area contributed by atoms with Crippen LogP contribution in [-0.2, 0) is 0 Å². The highest BCUT2D eigenvalue weighted by Gasteiger charge is 2.23. The molecular weight excluding hydrogens is 749 g/mol. The summed E-state index contributed by atoms with van der Waals surface area (Å²) in [5.41, 5.74) is 1.37. The number of ether oxygens (including phenoxy) is 2. The summed E-state index contributed by atoms with van der Waals surface area (Å²) in [6.45, 7) is 5.59. The normalized spacial score (nSPS) is 11.2. The van der Waals surface area contributed by atoms with E-state index >= 15 is 0 Å². The molecule has 314 valence electrons. The molecule has 0 aliphatic heterocycles. The minimum atomic E-state index is -0.201. The van der Waals surface area contributed by atoms with E-state index in [9.17, 15) is 21.0 Å². The first-order valence-electron chi connectivity index (χ1n) is 22.6. The largest absolute Gasteiger partial charge is 0.490 e. The minimum absolute atomic E-state index is 0.126. The molecule has 5 rings (SSSR count). The molecule has 12 nitrogen and oxygen atoms in total. The van der Waals surface area contributed by atoms with E-state index in [1.165, 1.54) is 128 Å². The van der Waals surface area contributed by atoms with Crippen molar-refractivity contribution in [2.45, 2.75) is 168 Å². The topological polar surface area (TPSA) is 191 Å². The smallest absolute Gasteiger partial charge is 0.177 e. The summed E-state index contributed by atoms with van der Waals surface area (Å²) in [5.74, 6) is 1.15. The lowest BCUT2D eigenvalue weighted by atomic mass is 10.1. The number of nitrogens with zero attached hydrogens (tertiary/aromatic N) is 10. The molecule has 0 spiro atoms. The lowest BCUT2D eigenvalue weighted by molar-refractivity contribution is 0.259. The van der Waals surface area contributed by atoms with Gasteiger partial charge in [0.2, 0.25) is 0 Å².